The van der Waals surface area contributed by atoms with Gasteiger partial charge in [0.1, 0.15) is 11.8 Å². The van der Waals surface area contributed by atoms with Crippen molar-refractivity contribution in [1.82, 2.24) is 10.2 Å². The van der Waals surface area contributed by atoms with Crippen molar-refractivity contribution >= 4 is 11.8 Å². The topological polar surface area (TPSA) is 58.6 Å². The van der Waals surface area contributed by atoms with Gasteiger partial charge in [0.25, 0.3) is 0 Å². The van der Waals surface area contributed by atoms with Crippen LogP contribution in [0.25, 0.3) is 0 Å². The Morgan fingerprint density at radius 3 is 2.23 bits per heavy atom. The summed E-state index contributed by atoms with van der Waals surface area (Å²) in [6, 6.07) is 17.0. The number of hydrogen-bond acceptors (Lipinski definition) is 3. The molecule has 2 rings (SSSR count). The first-order chi connectivity index (χ1) is 15.0. The van der Waals surface area contributed by atoms with E-state index in [2.05, 4.69) is 12.2 Å². The zero-order valence-corrected chi connectivity index (χ0v) is 19.3. The highest BCUT2D eigenvalue weighted by Gasteiger charge is 2.31. The first kappa shape index (κ1) is 24.4. The molecular weight excluding hydrogens is 388 g/mol. The van der Waals surface area contributed by atoms with Crippen molar-refractivity contribution in [3.63, 3.8) is 0 Å². The van der Waals surface area contributed by atoms with Crippen LogP contribution in [0.1, 0.15) is 51.2 Å². The lowest BCUT2D eigenvalue weighted by Gasteiger charge is -2.33. The molecule has 0 unspecified atom stereocenters. The smallest absolute Gasteiger partial charge is 0.243 e. The molecule has 5 heteroatoms. The molecule has 0 bridgehead atoms. The van der Waals surface area contributed by atoms with Gasteiger partial charge in [-0.1, -0.05) is 76.1 Å². The van der Waals surface area contributed by atoms with E-state index < -0.39 is 6.04 Å². The van der Waals surface area contributed by atoms with E-state index in [1.807, 2.05) is 68.4 Å². The number of nitrogens with one attached hydrogen (secondary N) is 1. The Hall–Kier alpha value is -2.82. The highest BCUT2D eigenvalue weighted by Crippen LogP contribution is 2.19. The molecule has 0 aliphatic rings. The number of benzene rings is 2. The molecule has 1 N–H and O–H groups in total. The van der Waals surface area contributed by atoms with Crippen LogP contribution in [-0.4, -0.2) is 36.4 Å². The Labute approximate surface area is 186 Å². The number of nitrogens with zero attached hydrogens (tertiary/aromatic N) is 1. The average molecular weight is 425 g/mol. The Morgan fingerprint density at radius 2 is 1.65 bits per heavy atom. The van der Waals surface area contributed by atoms with Crippen LogP contribution in [0, 0.1) is 5.92 Å². The second-order valence-corrected chi connectivity index (χ2v) is 8.17. The van der Waals surface area contributed by atoms with Crippen LogP contribution in [0.5, 0.6) is 5.75 Å². The highest BCUT2D eigenvalue weighted by atomic mass is 16.5. The van der Waals surface area contributed by atoms with Crippen LogP contribution >= 0.6 is 0 Å². The van der Waals surface area contributed by atoms with Crippen LogP contribution in [0.15, 0.2) is 54.6 Å². The predicted molar refractivity (Wildman–Crippen MR) is 125 cm³/mol. The minimum Gasteiger partial charge on any atom is -0.497 e. The van der Waals surface area contributed by atoms with Gasteiger partial charge in [0.15, 0.2) is 0 Å². The third-order valence-electron chi connectivity index (χ3n) is 5.32. The molecule has 0 spiro atoms. The van der Waals surface area contributed by atoms with Gasteiger partial charge in [-0.3, -0.25) is 9.59 Å². The van der Waals surface area contributed by atoms with Gasteiger partial charge >= 0.3 is 0 Å². The van der Waals surface area contributed by atoms with Crippen molar-refractivity contribution in [1.29, 1.82) is 0 Å². The fraction of sp³-hybridized carbons (Fsp3) is 0.462. The van der Waals surface area contributed by atoms with E-state index in [-0.39, 0.29) is 17.7 Å². The number of amides is 2. The Morgan fingerprint density at radius 1 is 0.968 bits per heavy atom. The molecule has 0 fully saturated rings. The first-order valence-corrected chi connectivity index (χ1v) is 11.2. The summed E-state index contributed by atoms with van der Waals surface area (Å²) in [5, 5.41) is 3.06. The molecule has 0 aliphatic heterocycles. The summed E-state index contributed by atoms with van der Waals surface area (Å²) in [7, 11) is 1.63. The monoisotopic (exact) mass is 424 g/mol. The van der Waals surface area contributed by atoms with Gasteiger partial charge in [0.05, 0.1) is 7.11 Å². The number of ether oxygens (including phenoxy) is 1. The molecule has 168 valence electrons. The maximum atomic E-state index is 13.2. The molecule has 1 atom stereocenters. The van der Waals surface area contributed by atoms with Crippen LogP contribution < -0.4 is 10.1 Å². The zero-order chi connectivity index (χ0) is 22.6. The summed E-state index contributed by atoms with van der Waals surface area (Å²) < 4.78 is 5.24. The fourth-order valence-corrected chi connectivity index (χ4v) is 3.49. The summed E-state index contributed by atoms with van der Waals surface area (Å²) in [6.45, 7) is 6.90. The van der Waals surface area contributed by atoms with Crippen LogP contribution in [-0.2, 0) is 22.6 Å². The van der Waals surface area contributed by atoms with E-state index in [0.717, 1.165) is 36.1 Å². The van der Waals surface area contributed by atoms with Gasteiger partial charge in [0, 0.05) is 25.4 Å². The third kappa shape index (κ3) is 7.74. The molecule has 0 aromatic heterocycles. The summed E-state index contributed by atoms with van der Waals surface area (Å²) in [5.74, 6) is 0.437. The maximum Gasteiger partial charge on any atom is 0.243 e. The van der Waals surface area contributed by atoms with E-state index in [0.29, 0.717) is 19.5 Å². The zero-order valence-electron chi connectivity index (χ0n) is 19.3. The van der Waals surface area contributed by atoms with Crippen molar-refractivity contribution < 1.29 is 14.3 Å². The average Bonchev–Trinajstić information content (AvgIpc) is 2.79. The quantitative estimate of drug-likeness (QED) is 0.507. The van der Waals surface area contributed by atoms with Gasteiger partial charge < -0.3 is 15.0 Å². The van der Waals surface area contributed by atoms with Crippen molar-refractivity contribution in [2.45, 2.75) is 59.0 Å². The maximum absolute atomic E-state index is 13.2. The van der Waals surface area contributed by atoms with E-state index >= 15 is 0 Å². The minimum atomic E-state index is -0.568. The van der Waals surface area contributed by atoms with E-state index in [1.54, 1.807) is 12.0 Å². The lowest BCUT2D eigenvalue weighted by Crippen LogP contribution is -2.51. The number of rotatable bonds is 12. The fourth-order valence-electron chi connectivity index (χ4n) is 3.49. The van der Waals surface area contributed by atoms with Crippen molar-refractivity contribution in [2.75, 3.05) is 13.7 Å². The minimum absolute atomic E-state index is 0.0274. The first-order valence-electron chi connectivity index (χ1n) is 11.2. The standard InChI is InChI=1S/C26H36N2O3/c1-5-6-10-17-27-25(29)24(18-21-11-8-7-9-12-21)28(26(30)20(2)3)19-22-13-15-23(31-4)16-14-22/h7-9,11-16,20,24H,5-6,10,17-19H2,1-4H3,(H,27,29)/t24-/m0/s1. The number of carbonyl (C=O) groups excluding carboxylic acids is 2. The molecule has 0 saturated carbocycles. The summed E-state index contributed by atoms with van der Waals surface area (Å²) in [6.07, 6.45) is 3.59. The number of hydrogen-bond donors (Lipinski definition) is 1. The summed E-state index contributed by atoms with van der Waals surface area (Å²) in [4.78, 5) is 28.2. The molecular formula is C26H36N2O3. The van der Waals surface area contributed by atoms with Crippen LogP contribution in [0.4, 0.5) is 0 Å². The predicted octanol–water partition coefficient (Wildman–Crippen LogP) is 4.60. The lowest BCUT2D eigenvalue weighted by atomic mass is 10.0. The molecule has 0 saturated heterocycles. The normalized spacial score (nSPS) is 11.8. The highest BCUT2D eigenvalue weighted by molar-refractivity contribution is 5.88. The van der Waals surface area contributed by atoms with E-state index in [9.17, 15) is 9.59 Å². The number of methoxy groups -OCH3 is 1. The molecule has 2 amide bonds. The SMILES string of the molecule is CCCCCNC(=O)[C@H](Cc1ccccc1)N(Cc1ccc(OC)cc1)C(=O)C(C)C. The molecule has 0 radical (unpaired) electrons. The third-order valence-corrected chi connectivity index (χ3v) is 5.32. The van der Waals surface area contributed by atoms with Gasteiger partial charge in [-0.2, -0.15) is 0 Å². The molecule has 2 aromatic carbocycles. The largest absolute Gasteiger partial charge is 0.497 e. The Balaban J connectivity index is 2.30. The number of carbonyl (C=O) groups is 2. The van der Waals surface area contributed by atoms with Crippen LogP contribution in [0.2, 0.25) is 0 Å². The molecule has 2 aromatic rings. The number of unbranched alkanes of at least 4 members (excludes halogenated alkanes) is 2. The van der Waals surface area contributed by atoms with Crippen molar-refractivity contribution in [3.05, 3.63) is 65.7 Å². The van der Waals surface area contributed by atoms with Crippen molar-refractivity contribution in [2.24, 2.45) is 5.92 Å². The second kappa shape index (κ2) is 12.8. The Kier molecular flexibility index (Phi) is 10.1. The van der Waals surface area contributed by atoms with E-state index in [1.165, 1.54) is 0 Å². The van der Waals surface area contributed by atoms with Crippen LogP contribution in [0.3, 0.4) is 0 Å². The second-order valence-electron chi connectivity index (χ2n) is 8.17. The lowest BCUT2D eigenvalue weighted by molar-refractivity contribution is -0.143. The summed E-state index contributed by atoms with van der Waals surface area (Å²) >= 11 is 0. The van der Waals surface area contributed by atoms with Gasteiger partial charge in [0.2, 0.25) is 11.8 Å². The molecule has 0 heterocycles. The van der Waals surface area contributed by atoms with Gasteiger partial charge in [-0.05, 0) is 29.7 Å². The van der Waals surface area contributed by atoms with Gasteiger partial charge in [-0.15, -0.1) is 0 Å². The van der Waals surface area contributed by atoms with E-state index in [4.69, 9.17) is 4.74 Å². The molecule has 0 aliphatic carbocycles. The Bertz CT molecular complexity index is 803. The molecule has 31 heavy (non-hydrogen) atoms. The van der Waals surface area contributed by atoms with Crippen molar-refractivity contribution in [3.8, 4) is 5.75 Å². The summed E-state index contributed by atoms with van der Waals surface area (Å²) in [5.41, 5.74) is 2.00. The van der Waals surface area contributed by atoms with Gasteiger partial charge in [-0.25, -0.2) is 0 Å². The molecule has 5 nitrogen and oxygen atoms in total.